The van der Waals surface area contributed by atoms with E-state index in [1.807, 2.05) is 0 Å². The third-order valence-corrected chi connectivity index (χ3v) is 7.24. The number of fused-ring (bicyclic) bond motifs is 1. The molecule has 1 aliphatic rings. The quantitative estimate of drug-likeness (QED) is 0.818. The smallest absolute Gasteiger partial charge is 0.272 e. The van der Waals surface area contributed by atoms with Gasteiger partial charge in [0.15, 0.2) is 4.21 Å². The molecule has 0 aliphatic carbocycles. The fourth-order valence-electron chi connectivity index (χ4n) is 1.99. The molecule has 0 unspecified atom stereocenters. The van der Waals surface area contributed by atoms with Crippen LogP contribution in [0.2, 0.25) is 5.02 Å². The van der Waals surface area contributed by atoms with Crippen molar-refractivity contribution in [3.05, 3.63) is 38.6 Å². The molecule has 0 saturated heterocycles. The lowest BCUT2D eigenvalue weighted by Gasteiger charge is -2.10. The normalized spacial score (nSPS) is 13.9. The van der Waals surface area contributed by atoms with Gasteiger partial charge in [-0.05, 0) is 45.1 Å². The van der Waals surface area contributed by atoms with E-state index in [0.717, 1.165) is 11.3 Å². The molecule has 3 rings (SSSR count). The summed E-state index contributed by atoms with van der Waals surface area (Å²) in [6, 6.07) is 4.78. The van der Waals surface area contributed by atoms with Gasteiger partial charge in [-0.15, -0.1) is 11.3 Å². The SMILES string of the molecule is O=C1Cc2cc(NS(=O)(=O)c3sccc3Br)c(Cl)cc2N1. The number of hydrogen-bond acceptors (Lipinski definition) is 4. The maximum absolute atomic E-state index is 12.3. The topological polar surface area (TPSA) is 75.3 Å². The number of carbonyl (C=O) groups is 1. The summed E-state index contributed by atoms with van der Waals surface area (Å²) in [5, 5.41) is 4.56. The van der Waals surface area contributed by atoms with E-state index >= 15 is 0 Å². The molecule has 0 atom stereocenters. The van der Waals surface area contributed by atoms with Crippen molar-refractivity contribution in [1.82, 2.24) is 0 Å². The maximum atomic E-state index is 12.3. The highest BCUT2D eigenvalue weighted by Crippen LogP contribution is 2.35. The molecule has 1 aliphatic heterocycles. The van der Waals surface area contributed by atoms with Gasteiger partial charge in [0.25, 0.3) is 10.0 Å². The first kappa shape index (κ1) is 14.8. The van der Waals surface area contributed by atoms with Crippen molar-refractivity contribution >= 4 is 66.2 Å². The Morgan fingerprint density at radius 1 is 1.38 bits per heavy atom. The predicted octanol–water partition coefficient (Wildman–Crippen LogP) is 3.46. The van der Waals surface area contributed by atoms with Crippen molar-refractivity contribution < 1.29 is 13.2 Å². The van der Waals surface area contributed by atoms with E-state index in [0.29, 0.717) is 15.7 Å². The van der Waals surface area contributed by atoms with Crippen molar-refractivity contribution in [1.29, 1.82) is 0 Å². The molecule has 0 spiro atoms. The Morgan fingerprint density at radius 2 is 2.14 bits per heavy atom. The average Bonchev–Trinajstić information content (AvgIpc) is 2.95. The summed E-state index contributed by atoms with van der Waals surface area (Å²) in [5.41, 5.74) is 1.59. The first-order valence-corrected chi connectivity index (χ1v) is 9.28. The lowest BCUT2D eigenvalue weighted by molar-refractivity contribution is -0.115. The van der Waals surface area contributed by atoms with Gasteiger partial charge in [-0.3, -0.25) is 9.52 Å². The van der Waals surface area contributed by atoms with Gasteiger partial charge in [-0.2, -0.15) is 0 Å². The molecular formula is C12H8BrClN2O3S2. The largest absolute Gasteiger partial charge is 0.325 e. The van der Waals surface area contributed by atoms with Crippen LogP contribution in [0.1, 0.15) is 5.56 Å². The second-order valence-corrected chi connectivity index (χ2v) is 8.43. The van der Waals surface area contributed by atoms with Crippen LogP contribution in [0.3, 0.4) is 0 Å². The Hall–Kier alpha value is -1.09. The molecule has 1 amide bonds. The second-order valence-electron chi connectivity index (χ2n) is 4.38. The Morgan fingerprint density at radius 3 is 2.81 bits per heavy atom. The fraction of sp³-hybridized carbons (Fsp3) is 0.0833. The van der Waals surface area contributed by atoms with E-state index in [9.17, 15) is 13.2 Å². The molecule has 0 radical (unpaired) electrons. The lowest BCUT2D eigenvalue weighted by Crippen LogP contribution is -2.12. The molecule has 2 heterocycles. The minimum atomic E-state index is -3.72. The molecule has 0 bridgehead atoms. The molecule has 0 saturated carbocycles. The summed E-state index contributed by atoms with van der Waals surface area (Å²) in [4.78, 5) is 11.3. The van der Waals surface area contributed by atoms with Crippen molar-refractivity contribution in [2.24, 2.45) is 0 Å². The monoisotopic (exact) mass is 406 g/mol. The van der Waals surface area contributed by atoms with E-state index in [-0.39, 0.29) is 27.2 Å². The molecule has 1 aromatic heterocycles. The third kappa shape index (κ3) is 2.80. The third-order valence-electron chi connectivity index (χ3n) is 2.89. The summed E-state index contributed by atoms with van der Waals surface area (Å²) >= 11 is 10.4. The van der Waals surface area contributed by atoms with Gasteiger partial charge in [0.1, 0.15) is 0 Å². The maximum Gasteiger partial charge on any atom is 0.272 e. The molecule has 2 N–H and O–H groups in total. The summed E-state index contributed by atoms with van der Waals surface area (Å²) in [6.45, 7) is 0. The van der Waals surface area contributed by atoms with Crippen molar-refractivity contribution in [2.45, 2.75) is 10.6 Å². The van der Waals surface area contributed by atoms with Gasteiger partial charge in [0, 0.05) is 10.2 Å². The molecular weight excluding hydrogens is 400 g/mol. The van der Waals surface area contributed by atoms with Crippen molar-refractivity contribution in [3.8, 4) is 0 Å². The minimum Gasteiger partial charge on any atom is -0.325 e. The number of amides is 1. The highest BCUT2D eigenvalue weighted by atomic mass is 79.9. The number of nitrogens with one attached hydrogen (secondary N) is 2. The van der Waals surface area contributed by atoms with Crippen LogP contribution in [0.4, 0.5) is 11.4 Å². The molecule has 5 nitrogen and oxygen atoms in total. The summed E-state index contributed by atoms with van der Waals surface area (Å²) in [7, 11) is -3.72. The summed E-state index contributed by atoms with van der Waals surface area (Å²) in [5.74, 6) is -0.137. The zero-order valence-electron chi connectivity index (χ0n) is 10.3. The van der Waals surface area contributed by atoms with Crippen LogP contribution in [-0.2, 0) is 21.2 Å². The second kappa shape index (κ2) is 5.28. The van der Waals surface area contributed by atoms with Gasteiger partial charge in [0.05, 0.1) is 17.1 Å². The molecule has 0 fully saturated rings. The zero-order valence-corrected chi connectivity index (χ0v) is 14.3. The van der Waals surface area contributed by atoms with Crippen LogP contribution in [0.25, 0.3) is 0 Å². The number of rotatable bonds is 3. The van der Waals surface area contributed by atoms with Crippen LogP contribution < -0.4 is 10.0 Å². The standard InChI is InChI=1S/C12H8BrClN2O3S2/c13-7-1-2-20-12(7)21(18,19)16-10-3-6-4-11(17)15-9(6)5-8(10)14/h1-3,5,16H,4H2,(H,15,17). The van der Waals surface area contributed by atoms with Gasteiger partial charge < -0.3 is 5.32 Å². The van der Waals surface area contributed by atoms with Gasteiger partial charge in [-0.25, -0.2) is 8.42 Å². The predicted molar refractivity (Wildman–Crippen MR) is 86.6 cm³/mol. The van der Waals surface area contributed by atoms with Crippen LogP contribution in [-0.4, -0.2) is 14.3 Å². The van der Waals surface area contributed by atoms with Gasteiger partial charge in [-0.1, -0.05) is 11.6 Å². The Kier molecular flexibility index (Phi) is 3.73. The number of halogens is 2. The van der Waals surface area contributed by atoms with E-state index in [2.05, 4.69) is 26.0 Å². The number of benzene rings is 1. The van der Waals surface area contributed by atoms with Gasteiger partial charge >= 0.3 is 0 Å². The molecule has 110 valence electrons. The lowest BCUT2D eigenvalue weighted by atomic mass is 10.1. The number of hydrogen-bond donors (Lipinski definition) is 2. The van der Waals surface area contributed by atoms with Crippen LogP contribution >= 0.6 is 38.9 Å². The van der Waals surface area contributed by atoms with Crippen LogP contribution in [0.15, 0.2) is 32.3 Å². The van der Waals surface area contributed by atoms with Crippen molar-refractivity contribution in [2.75, 3.05) is 10.0 Å². The number of anilines is 2. The first-order chi connectivity index (χ1) is 9.87. The number of carbonyl (C=O) groups excluding carboxylic acids is 1. The van der Waals surface area contributed by atoms with E-state index < -0.39 is 10.0 Å². The highest BCUT2D eigenvalue weighted by molar-refractivity contribution is 9.10. The highest BCUT2D eigenvalue weighted by Gasteiger charge is 2.24. The molecule has 2 aromatic rings. The van der Waals surface area contributed by atoms with Crippen molar-refractivity contribution in [3.63, 3.8) is 0 Å². The van der Waals surface area contributed by atoms with Crippen LogP contribution in [0.5, 0.6) is 0 Å². The van der Waals surface area contributed by atoms with Gasteiger partial charge in [0.2, 0.25) is 5.91 Å². The molecule has 21 heavy (non-hydrogen) atoms. The number of sulfonamides is 1. The van der Waals surface area contributed by atoms with E-state index in [1.165, 1.54) is 0 Å². The first-order valence-electron chi connectivity index (χ1n) is 5.75. The number of thiophene rings is 1. The summed E-state index contributed by atoms with van der Waals surface area (Å²) in [6.07, 6.45) is 0.212. The van der Waals surface area contributed by atoms with E-state index in [1.54, 1.807) is 23.6 Å². The molecule has 1 aromatic carbocycles. The average molecular weight is 408 g/mol. The molecule has 9 heteroatoms. The Balaban J connectivity index is 1.98. The Bertz CT molecular complexity index is 848. The summed E-state index contributed by atoms with van der Waals surface area (Å²) < 4.78 is 27.8. The zero-order chi connectivity index (χ0) is 15.2. The Labute approximate surface area is 138 Å². The fourth-order valence-corrected chi connectivity index (χ4v) is 5.67. The minimum absolute atomic E-state index is 0.137. The van der Waals surface area contributed by atoms with Crippen LogP contribution in [0, 0.1) is 0 Å². The van der Waals surface area contributed by atoms with E-state index in [4.69, 9.17) is 11.6 Å².